The monoisotopic (exact) mass is 579 g/mol. The zero-order chi connectivity index (χ0) is 29.4. The first kappa shape index (κ1) is 29.0. The van der Waals surface area contributed by atoms with Crippen LogP contribution in [-0.4, -0.2) is 51.9 Å². The minimum absolute atomic E-state index is 0.0595. The summed E-state index contributed by atoms with van der Waals surface area (Å²) in [7, 11) is 1.59. The highest BCUT2D eigenvalue weighted by Crippen LogP contribution is 2.62. The van der Waals surface area contributed by atoms with Crippen LogP contribution in [0.5, 0.6) is 11.5 Å². The zero-order valence-electron chi connectivity index (χ0n) is 23.5. The summed E-state index contributed by atoms with van der Waals surface area (Å²) in [4.78, 5) is 32.1. The van der Waals surface area contributed by atoms with Crippen molar-refractivity contribution in [1.82, 2.24) is 4.98 Å². The predicted molar refractivity (Wildman–Crippen MR) is 157 cm³/mol. The number of phenolic OH excluding ortho intramolecular Hbond substituents is 1. The van der Waals surface area contributed by atoms with Gasteiger partial charge in [-0.3, -0.25) is 9.59 Å². The lowest BCUT2D eigenvalue weighted by Crippen LogP contribution is -2.57. The van der Waals surface area contributed by atoms with Crippen LogP contribution in [0.1, 0.15) is 55.2 Å². The number of carbonyl (C=O) groups excluding carboxylic acids is 2. The number of ether oxygens (including phenoxy) is 1. The molecule has 3 aromatic rings. The van der Waals surface area contributed by atoms with Gasteiger partial charge in [0.1, 0.15) is 11.5 Å². The maximum atomic E-state index is 13.4. The summed E-state index contributed by atoms with van der Waals surface area (Å²) in [5.41, 5.74) is 0.968. The third-order valence-corrected chi connectivity index (χ3v) is 10.2. The standard InChI is InChI=1S/C31H37N3O6S/c1-30-12-11-25(37)31(2,17-35)24(30)16-23-28(22(30)15-27(39)32-19-5-4-6-20(36)14-19)34-29(41-23)33-26(38)13-18-7-9-21(40-3)10-8-18/h4-10,14,22,24-25,35-37H,11-13,15-17H2,1-3H3,(H,32,39)(H,33,34,38)/t22-,24+,25-,30+,31+/m1/s1. The van der Waals surface area contributed by atoms with Gasteiger partial charge in [0.05, 0.1) is 31.9 Å². The third kappa shape index (κ3) is 5.68. The van der Waals surface area contributed by atoms with E-state index in [1.54, 1.807) is 19.2 Å². The SMILES string of the molecule is COc1ccc(CC(=O)Nc2nc3c(s2)C[C@@H]2[C@](C)(CO)[C@H](O)CC[C@@]2(C)[C@@H]3CC(=O)Nc2cccc(O)c2)cc1. The van der Waals surface area contributed by atoms with Crippen LogP contribution in [0.4, 0.5) is 10.8 Å². The molecular weight excluding hydrogens is 542 g/mol. The van der Waals surface area contributed by atoms with E-state index in [1.165, 1.54) is 23.5 Å². The van der Waals surface area contributed by atoms with Crippen LogP contribution in [-0.2, 0) is 22.4 Å². The Morgan fingerprint density at radius 1 is 1.12 bits per heavy atom. The van der Waals surface area contributed by atoms with Gasteiger partial charge in [-0.2, -0.15) is 0 Å². The van der Waals surface area contributed by atoms with Crippen molar-refractivity contribution in [1.29, 1.82) is 0 Å². The van der Waals surface area contributed by atoms with E-state index >= 15 is 0 Å². The largest absolute Gasteiger partial charge is 0.508 e. The van der Waals surface area contributed by atoms with Gasteiger partial charge in [0.15, 0.2) is 5.13 Å². The summed E-state index contributed by atoms with van der Waals surface area (Å²) in [6.07, 6.45) is 1.44. The van der Waals surface area contributed by atoms with Crippen molar-refractivity contribution in [3.8, 4) is 11.5 Å². The minimum atomic E-state index is -0.744. The van der Waals surface area contributed by atoms with Crippen LogP contribution in [0.3, 0.4) is 0 Å². The van der Waals surface area contributed by atoms with Gasteiger partial charge in [0.25, 0.3) is 0 Å². The number of rotatable bonds is 8. The number of nitrogens with one attached hydrogen (secondary N) is 2. The lowest BCUT2D eigenvalue weighted by atomic mass is 9.47. The molecule has 0 radical (unpaired) electrons. The fraction of sp³-hybridized carbons (Fsp3) is 0.452. The van der Waals surface area contributed by atoms with E-state index < -0.39 is 16.9 Å². The number of aliphatic hydroxyl groups excluding tert-OH is 2. The molecule has 0 bridgehead atoms. The number of hydrogen-bond acceptors (Lipinski definition) is 8. The van der Waals surface area contributed by atoms with Crippen LogP contribution in [0.25, 0.3) is 0 Å². The van der Waals surface area contributed by atoms with Gasteiger partial charge in [0, 0.05) is 34.4 Å². The predicted octanol–water partition coefficient (Wildman–Crippen LogP) is 4.48. The van der Waals surface area contributed by atoms with Crippen LogP contribution in [0.2, 0.25) is 0 Å². The molecule has 2 aliphatic carbocycles. The molecule has 5 atom stereocenters. The Balaban J connectivity index is 1.43. The summed E-state index contributed by atoms with van der Waals surface area (Å²) in [6.45, 7) is 3.89. The smallest absolute Gasteiger partial charge is 0.230 e. The molecule has 0 saturated heterocycles. The molecule has 5 N–H and O–H groups in total. The van der Waals surface area contributed by atoms with Crippen molar-refractivity contribution >= 4 is 34.0 Å². The first-order valence-corrected chi connectivity index (χ1v) is 14.7. The molecule has 0 aliphatic heterocycles. The number of methoxy groups -OCH3 is 1. The summed E-state index contributed by atoms with van der Waals surface area (Å²) in [5, 5.41) is 37.6. The molecule has 218 valence electrons. The van der Waals surface area contributed by atoms with E-state index in [4.69, 9.17) is 9.72 Å². The van der Waals surface area contributed by atoms with Gasteiger partial charge in [0.2, 0.25) is 11.8 Å². The number of nitrogens with zero attached hydrogens (tertiary/aromatic N) is 1. The van der Waals surface area contributed by atoms with Crippen LogP contribution in [0, 0.1) is 16.7 Å². The Morgan fingerprint density at radius 3 is 2.56 bits per heavy atom. The van der Waals surface area contributed by atoms with Crippen LogP contribution >= 0.6 is 11.3 Å². The van der Waals surface area contributed by atoms with Gasteiger partial charge >= 0.3 is 0 Å². The number of aromatic nitrogens is 1. The van der Waals surface area contributed by atoms with Crippen molar-refractivity contribution in [3.05, 3.63) is 64.7 Å². The maximum Gasteiger partial charge on any atom is 0.230 e. The molecule has 41 heavy (non-hydrogen) atoms. The highest BCUT2D eigenvalue weighted by Gasteiger charge is 2.59. The number of benzene rings is 2. The summed E-state index contributed by atoms with van der Waals surface area (Å²) >= 11 is 1.39. The molecule has 2 amide bonds. The number of amides is 2. The number of fused-ring (bicyclic) bond motifs is 2. The van der Waals surface area contributed by atoms with Crippen molar-refractivity contribution in [2.45, 2.75) is 58.0 Å². The average molecular weight is 580 g/mol. The second kappa shape index (κ2) is 11.4. The number of carbonyl (C=O) groups is 2. The maximum absolute atomic E-state index is 13.4. The first-order chi connectivity index (χ1) is 19.6. The lowest BCUT2D eigenvalue weighted by molar-refractivity contribution is -0.143. The quantitative estimate of drug-likeness (QED) is 0.265. The molecule has 1 saturated carbocycles. The third-order valence-electron chi connectivity index (χ3n) is 9.18. The normalized spacial score (nSPS) is 26.9. The molecule has 10 heteroatoms. The second-order valence-corrected chi connectivity index (χ2v) is 12.8. The lowest BCUT2D eigenvalue weighted by Gasteiger charge is -2.58. The van der Waals surface area contributed by atoms with E-state index in [0.717, 1.165) is 21.9 Å². The Kier molecular flexibility index (Phi) is 8.09. The van der Waals surface area contributed by atoms with Crippen molar-refractivity contribution in [3.63, 3.8) is 0 Å². The van der Waals surface area contributed by atoms with E-state index in [0.29, 0.717) is 30.1 Å². The van der Waals surface area contributed by atoms with Crippen molar-refractivity contribution < 1.29 is 29.6 Å². The molecule has 1 fully saturated rings. The topological polar surface area (TPSA) is 141 Å². The van der Waals surface area contributed by atoms with Gasteiger partial charge in [-0.25, -0.2) is 4.98 Å². The fourth-order valence-corrected chi connectivity index (χ4v) is 7.86. The highest BCUT2D eigenvalue weighted by molar-refractivity contribution is 7.15. The zero-order valence-corrected chi connectivity index (χ0v) is 24.3. The van der Waals surface area contributed by atoms with Gasteiger partial charge in [-0.1, -0.05) is 32.0 Å². The molecule has 5 rings (SSSR count). The summed E-state index contributed by atoms with van der Waals surface area (Å²) in [5.74, 6) is -0.0317. The van der Waals surface area contributed by atoms with E-state index in [-0.39, 0.29) is 48.8 Å². The van der Waals surface area contributed by atoms with Crippen molar-refractivity contribution in [2.24, 2.45) is 16.7 Å². The number of aliphatic hydroxyl groups is 2. The Bertz CT molecular complexity index is 1430. The molecule has 1 aromatic heterocycles. The first-order valence-electron chi connectivity index (χ1n) is 13.9. The summed E-state index contributed by atoms with van der Waals surface area (Å²) < 4.78 is 5.19. The summed E-state index contributed by atoms with van der Waals surface area (Å²) in [6, 6.07) is 13.7. The van der Waals surface area contributed by atoms with Gasteiger partial charge < -0.3 is 30.7 Å². The number of thiazole rings is 1. The number of aromatic hydroxyl groups is 1. The molecule has 9 nitrogen and oxygen atoms in total. The Morgan fingerprint density at radius 2 is 1.88 bits per heavy atom. The van der Waals surface area contributed by atoms with Crippen LogP contribution in [0.15, 0.2) is 48.5 Å². The van der Waals surface area contributed by atoms with E-state index in [1.807, 2.05) is 31.2 Å². The molecular formula is C31H37N3O6S. The van der Waals surface area contributed by atoms with E-state index in [2.05, 4.69) is 17.6 Å². The number of hydrogen-bond donors (Lipinski definition) is 5. The molecule has 0 unspecified atom stereocenters. The number of anilines is 2. The Labute approximate surface area is 243 Å². The molecule has 2 aliphatic rings. The van der Waals surface area contributed by atoms with Crippen LogP contribution < -0.4 is 15.4 Å². The molecule has 0 spiro atoms. The van der Waals surface area contributed by atoms with Gasteiger partial charge in [-0.15, -0.1) is 11.3 Å². The highest BCUT2D eigenvalue weighted by atomic mass is 32.1. The average Bonchev–Trinajstić information content (AvgIpc) is 3.34. The van der Waals surface area contributed by atoms with Crippen molar-refractivity contribution in [2.75, 3.05) is 24.4 Å². The Hall–Kier alpha value is -3.47. The van der Waals surface area contributed by atoms with Gasteiger partial charge in [-0.05, 0) is 60.4 Å². The number of phenols is 1. The fourth-order valence-electron chi connectivity index (χ4n) is 6.77. The minimum Gasteiger partial charge on any atom is -0.508 e. The molecule has 1 heterocycles. The van der Waals surface area contributed by atoms with E-state index in [9.17, 15) is 24.9 Å². The second-order valence-electron chi connectivity index (χ2n) is 11.7. The molecule has 2 aromatic carbocycles.